The van der Waals surface area contributed by atoms with Crippen LogP contribution in [-0.2, 0) is 14.3 Å². The number of nitrogens with zero attached hydrogens (tertiary/aromatic N) is 1. The third-order valence-corrected chi connectivity index (χ3v) is 3.79. The zero-order valence-electron chi connectivity index (χ0n) is 12.6. The Hall–Kier alpha value is -0.780. The molecule has 2 unspecified atom stereocenters. The summed E-state index contributed by atoms with van der Waals surface area (Å²) >= 11 is 3.42. The molecule has 0 N–H and O–H groups in total. The number of hydrogen-bond acceptors (Lipinski definition) is 4. The SMILES string of the molecule is COC(=O)C1CC(CCBr)CCN1C(=O)OC(C)(C)C. The van der Waals surface area contributed by atoms with Crippen molar-refractivity contribution in [3.63, 3.8) is 0 Å². The van der Waals surface area contributed by atoms with E-state index in [4.69, 9.17) is 9.47 Å². The van der Waals surface area contributed by atoms with Gasteiger partial charge in [0.25, 0.3) is 0 Å². The molecule has 116 valence electrons. The van der Waals surface area contributed by atoms with Crippen LogP contribution in [-0.4, -0.2) is 47.6 Å². The minimum absolute atomic E-state index is 0.366. The molecule has 0 bridgehead atoms. The van der Waals surface area contributed by atoms with Gasteiger partial charge in [-0.25, -0.2) is 9.59 Å². The molecule has 1 fully saturated rings. The van der Waals surface area contributed by atoms with Crippen LogP contribution in [0.1, 0.15) is 40.0 Å². The normalized spacial score (nSPS) is 23.4. The lowest BCUT2D eigenvalue weighted by Gasteiger charge is -2.38. The maximum absolute atomic E-state index is 12.2. The number of halogens is 1. The summed E-state index contributed by atoms with van der Waals surface area (Å²) in [7, 11) is 1.35. The fourth-order valence-corrected chi connectivity index (χ4v) is 3.00. The number of carbonyl (C=O) groups is 2. The van der Waals surface area contributed by atoms with Crippen LogP contribution in [0.3, 0.4) is 0 Å². The molecular weight excluding hydrogens is 326 g/mol. The summed E-state index contributed by atoms with van der Waals surface area (Å²) in [5.41, 5.74) is -0.565. The molecule has 1 amide bonds. The van der Waals surface area contributed by atoms with Gasteiger partial charge in [-0.1, -0.05) is 15.9 Å². The van der Waals surface area contributed by atoms with Crippen molar-refractivity contribution in [3.05, 3.63) is 0 Å². The van der Waals surface area contributed by atoms with Crippen molar-refractivity contribution in [2.75, 3.05) is 19.0 Å². The second-order valence-electron chi connectivity index (χ2n) is 6.08. The third kappa shape index (κ3) is 4.96. The van der Waals surface area contributed by atoms with Crippen LogP contribution in [0, 0.1) is 5.92 Å². The number of rotatable bonds is 3. The number of methoxy groups -OCH3 is 1. The van der Waals surface area contributed by atoms with E-state index in [1.807, 2.05) is 20.8 Å². The van der Waals surface area contributed by atoms with Gasteiger partial charge in [0.05, 0.1) is 7.11 Å². The van der Waals surface area contributed by atoms with Gasteiger partial charge in [-0.05, 0) is 46.0 Å². The van der Waals surface area contributed by atoms with Crippen molar-refractivity contribution in [2.24, 2.45) is 5.92 Å². The second-order valence-corrected chi connectivity index (χ2v) is 6.87. The Kier molecular flexibility index (Phi) is 6.30. The lowest BCUT2D eigenvalue weighted by Crippen LogP contribution is -2.52. The van der Waals surface area contributed by atoms with Crippen LogP contribution >= 0.6 is 15.9 Å². The van der Waals surface area contributed by atoms with Crippen LogP contribution in [0.15, 0.2) is 0 Å². The molecule has 2 atom stereocenters. The zero-order chi connectivity index (χ0) is 15.3. The predicted octanol–water partition coefficient (Wildman–Crippen LogP) is 2.96. The van der Waals surface area contributed by atoms with Gasteiger partial charge in [-0.2, -0.15) is 0 Å². The van der Waals surface area contributed by atoms with Crippen molar-refractivity contribution in [2.45, 2.75) is 51.7 Å². The van der Waals surface area contributed by atoms with E-state index in [1.54, 1.807) is 0 Å². The molecule has 1 rings (SSSR count). The highest BCUT2D eigenvalue weighted by Crippen LogP contribution is 2.28. The van der Waals surface area contributed by atoms with Crippen molar-refractivity contribution in [3.8, 4) is 0 Å². The van der Waals surface area contributed by atoms with Crippen LogP contribution < -0.4 is 0 Å². The van der Waals surface area contributed by atoms with E-state index >= 15 is 0 Å². The highest BCUT2D eigenvalue weighted by molar-refractivity contribution is 9.09. The highest BCUT2D eigenvalue weighted by atomic mass is 79.9. The number of likely N-dealkylation sites (tertiary alicyclic amines) is 1. The third-order valence-electron chi connectivity index (χ3n) is 3.33. The smallest absolute Gasteiger partial charge is 0.411 e. The van der Waals surface area contributed by atoms with Gasteiger partial charge in [0.2, 0.25) is 0 Å². The first-order valence-corrected chi connectivity index (χ1v) is 8.04. The van der Waals surface area contributed by atoms with Gasteiger partial charge >= 0.3 is 12.1 Å². The van der Waals surface area contributed by atoms with Crippen LogP contribution in [0.2, 0.25) is 0 Å². The molecule has 0 aromatic carbocycles. The average Bonchev–Trinajstić information content (AvgIpc) is 2.36. The molecule has 0 aromatic rings. The average molecular weight is 350 g/mol. The maximum atomic E-state index is 12.2. The molecule has 1 saturated heterocycles. The molecule has 1 aliphatic rings. The van der Waals surface area contributed by atoms with E-state index in [2.05, 4.69) is 15.9 Å². The molecule has 0 aliphatic carbocycles. The zero-order valence-corrected chi connectivity index (χ0v) is 14.2. The quantitative estimate of drug-likeness (QED) is 0.580. The summed E-state index contributed by atoms with van der Waals surface area (Å²) in [6, 6.07) is -0.535. The lowest BCUT2D eigenvalue weighted by atomic mass is 9.89. The van der Waals surface area contributed by atoms with Gasteiger partial charge in [-0.3, -0.25) is 4.90 Å². The Morgan fingerprint density at radius 3 is 2.50 bits per heavy atom. The van der Waals surface area contributed by atoms with Crippen molar-refractivity contribution < 1.29 is 19.1 Å². The summed E-state index contributed by atoms with van der Waals surface area (Å²) in [5.74, 6) is 0.0623. The van der Waals surface area contributed by atoms with Gasteiger partial charge in [0, 0.05) is 11.9 Å². The topological polar surface area (TPSA) is 55.8 Å². The predicted molar refractivity (Wildman–Crippen MR) is 79.9 cm³/mol. The second kappa shape index (κ2) is 7.29. The van der Waals surface area contributed by atoms with Crippen LogP contribution in [0.25, 0.3) is 0 Å². The minimum Gasteiger partial charge on any atom is -0.467 e. The van der Waals surface area contributed by atoms with E-state index in [9.17, 15) is 9.59 Å². The number of alkyl halides is 1. The summed E-state index contributed by atoms with van der Waals surface area (Å²) in [6.45, 7) is 5.98. The number of amides is 1. The molecule has 6 heteroatoms. The first kappa shape index (κ1) is 17.3. The monoisotopic (exact) mass is 349 g/mol. The van der Waals surface area contributed by atoms with E-state index in [0.29, 0.717) is 18.9 Å². The molecule has 1 heterocycles. The van der Waals surface area contributed by atoms with Crippen molar-refractivity contribution in [1.82, 2.24) is 4.90 Å². The number of ether oxygens (including phenoxy) is 2. The minimum atomic E-state index is -0.565. The van der Waals surface area contributed by atoms with Crippen LogP contribution in [0.5, 0.6) is 0 Å². The fourth-order valence-electron chi connectivity index (χ4n) is 2.35. The maximum Gasteiger partial charge on any atom is 0.411 e. The summed E-state index contributed by atoms with van der Waals surface area (Å²) in [5, 5.41) is 0.901. The highest BCUT2D eigenvalue weighted by Gasteiger charge is 2.38. The molecule has 5 nitrogen and oxygen atoms in total. The Bertz CT molecular complexity index is 354. The lowest BCUT2D eigenvalue weighted by molar-refractivity contribution is -0.148. The summed E-state index contributed by atoms with van der Waals surface area (Å²) in [4.78, 5) is 25.6. The first-order valence-electron chi connectivity index (χ1n) is 6.92. The Balaban J connectivity index is 2.77. The number of piperidine rings is 1. The van der Waals surface area contributed by atoms with E-state index in [1.165, 1.54) is 12.0 Å². The summed E-state index contributed by atoms with van der Waals surface area (Å²) in [6.07, 6.45) is 2.08. The van der Waals surface area contributed by atoms with Crippen LogP contribution in [0.4, 0.5) is 4.79 Å². The van der Waals surface area contributed by atoms with Crippen molar-refractivity contribution in [1.29, 1.82) is 0 Å². The molecule has 0 spiro atoms. The molecule has 0 radical (unpaired) electrons. The summed E-state index contributed by atoms with van der Waals surface area (Å²) < 4.78 is 10.2. The Morgan fingerprint density at radius 1 is 1.35 bits per heavy atom. The van der Waals surface area contributed by atoms with Gasteiger partial charge in [0.15, 0.2) is 0 Å². The van der Waals surface area contributed by atoms with Gasteiger partial charge in [-0.15, -0.1) is 0 Å². The molecule has 20 heavy (non-hydrogen) atoms. The van der Waals surface area contributed by atoms with E-state index in [-0.39, 0.29) is 5.97 Å². The Morgan fingerprint density at radius 2 is 2.00 bits per heavy atom. The number of carbonyl (C=O) groups excluding carboxylic acids is 2. The molecule has 0 saturated carbocycles. The number of hydrogen-bond donors (Lipinski definition) is 0. The Labute approximate surface area is 129 Å². The van der Waals surface area contributed by atoms with E-state index in [0.717, 1.165) is 18.2 Å². The fraction of sp³-hybridized carbons (Fsp3) is 0.857. The first-order chi connectivity index (χ1) is 9.28. The largest absolute Gasteiger partial charge is 0.467 e. The van der Waals surface area contributed by atoms with Gasteiger partial charge in [0.1, 0.15) is 11.6 Å². The molecule has 0 aromatic heterocycles. The molecular formula is C14H24BrNO4. The van der Waals surface area contributed by atoms with Gasteiger partial charge < -0.3 is 9.47 Å². The standard InChI is InChI=1S/C14H24BrNO4/c1-14(2,3)20-13(18)16-8-6-10(5-7-15)9-11(16)12(17)19-4/h10-11H,5-9H2,1-4H3. The van der Waals surface area contributed by atoms with E-state index < -0.39 is 17.7 Å². The van der Waals surface area contributed by atoms with Crippen molar-refractivity contribution >= 4 is 28.0 Å². The number of esters is 1. The molecule has 1 aliphatic heterocycles.